The van der Waals surface area contributed by atoms with Crippen molar-refractivity contribution in [1.29, 1.82) is 5.26 Å². The summed E-state index contributed by atoms with van der Waals surface area (Å²) in [5.41, 5.74) is 5.39. The van der Waals surface area contributed by atoms with E-state index >= 15 is 0 Å². The highest BCUT2D eigenvalue weighted by Crippen LogP contribution is 2.24. The van der Waals surface area contributed by atoms with Crippen LogP contribution in [0.2, 0.25) is 0 Å². The average Bonchev–Trinajstić information content (AvgIpc) is 2.94. The van der Waals surface area contributed by atoms with E-state index in [2.05, 4.69) is 13.0 Å². The largest absolute Gasteiger partial charge is 0.394 e. The van der Waals surface area contributed by atoms with Crippen molar-refractivity contribution >= 4 is 0 Å². The molecule has 3 aromatic rings. The maximum Gasteiger partial charge on any atom is 0.270 e. The van der Waals surface area contributed by atoms with Gasteiger partial charge in [0.1, 0.15) is 0 Å². The normalized spacial score (nSPS) is 10.8. The zero-order valence-corrected chi connectivity index (χ0v) is 16.4. The Morgan fingerprint density at radius 1 is 1.11 bits per heavy atom. The van der Waals surface area contributed by atoms with E-state index < -0.39 is 0 Å². The number of aliphatic hydroxyl groups excluding tert-OH is 1. The van der Waals surface area contributed by atoms with Gasteiger partial charge in [0, 0.05) is 24.7 Å². The maximum atomic E-state index is 12.8. The molecule has 0 atom stereocenters. The third kappa shape index (κ3) is 3.78. The lowest BCUT2D eigenvalue weighted by Crippen LogP contribution is -2.22. The summed E-state index contributed by atoms with van der Waals surface area (Å²) in [6.45, 7) is 2.52. The van der Waals surface area contributed by atoms with Crippen molar-refractivity contribution in [2.45, 2.75) is 32.7 Å². The second-order valence-corrected chi connectivity index (χ2v) is 6.88. The van der Waals surface area contributed by atoms with Gasteiger partial charge in [-0.25, -0.2) is 0 Å². The van der Waals surface area contributed by atoms with E-state index in [0.717, 1.165) is 40.8 Å². The van der Waals surface area contributed by atoms with Crippen LogP contribution in [0.4, 0.5) is 0 Å². The van der Waals surface area contributed by atoms with E-state index in [9.17, 15) is 15.2 Å². The molecule has 1 heterocycles. The van der Waals surface area contributed by atoms with Crippen LogP contribution in [0.15, 0.2) is 53.3 Å². The van der Waals surface area contributed by atoms with Gasteiger partial charge in [0.25, 0.3) is 5.56 Å². The number of nitriles is 1. The van der Waals surface area contributed by atoms with Gasteiger partial charge in [0.15, 0.2) is 0 Å². The number of nitrogens with zero attached hydrogens (tertiary/aromatic N) is 3. The van der Waals surface area contributed by atoms with Crippen LogP contribution in [0, 0.1) is 11.3 Å². The minimum atomic E-state index is -0.00389. The van der Waals surface area contributed by atoms with Gasteiger partial charge in [-0.2, -0.15) is 5.26 Å². The fraction of sp³-hybridized carbons (Fsp3) is 0.304. The summed E-state index contributed by atoms with van der Waals surface area (Å²) >= 11 is 0. The molecule has 0 aliphatic rings. The molecule has 1 aromatic heterocycles. The first-order valence-corrected chi connectivity index (χ1v) is 9.57. The Morgan fingerprint density at radius 2 is 1.82 bits per heavy atom. The predicted octanol–water partition coefficient (Wildman–Crippen LogP) is 3.26. The van der Waals surface area contributed by atoms with Crippen molar-refractivity contribution in [3.63, 3.8) is 0 Å². The molecule has 0 fully saturated rings. The highest BCUT2D eigenvalue weighted by atomic mass is 16.3. The van der Waals surface area contributed by atoms with Crippen LogP contribution >= 0.6 is 0 Å². The third-order valence-electron chi connectivity index (χ3n) is 5.07. The molecule has 0 saturated heterocycles. The van der Waals surface area contributed by atoms with Gasteiger partial charge in [0.2, 0.25) is 0 Å². The Balaban J connectivity index is 1.94. The van der Waals surface area contributed by atoms with Crippen molar-refractivity contribution in [3.05, 3.63) is 81.3 Å². The average molecular weight is 375 g/mol. The summed E-state index contributed by atoms with van der Waals surface area (Å²) in [4.78, 5) is 12.8. The molecular formula is C23H25N3O2. The van der Waals surface area contributed by atoms with Crippen molar-refractivity contribution in [3.8, 4) is 17.2 Å². The smallest absolute Gasteiger partial charge is 0.270 e. The Kier molecular flexibility index (Phi) is 6.13. The standard InChI is InChI=1S/C23H25N3O2/c1-3-6-22-21(23(28)25(2)26(22)13-14-27)15-17-9-11-18(12-10-17)20-8-5-4-7-19(20)16-24/h4-5,7-12,27H,3,6,13-15H2,1-2H3. The third-order valence-corrected chi connectivity index (χ3v) is 5.07. The summed E-state index contributed by atoms with van der Waals surface area (Å²) in [7, 11) is 1.75. The Bertz CT molecular complexity index is 1050. The quantitative estimate of drug-likeness (QED) is 0.689. The lowest BCUT2D eigenvalue weighted by molar-refractivity contribution is 0.257. The Labute approximate surface area is 165 Å². The minimum Gasteiger partial charge on any atom is -0.394 e. The molecule has 0 unspecified atom stereocenters. The maximum absolute atomic E-state index is 12.8. The minimum absolute atomic E-state index is 0.00389. The zero-order valence-electron chi connectivity index (χ0n) is 16.4. The van der Waals surface area contributed by atoms with E-state index in [4.69, 9.17) is 0 Å². The number of hydrogen-bond acceptors (Lipinski definition) is 3. The van der Waals surface area contributed by atoms with Crippen molar-refractivity contribution in [2.24, 2.45) is 7.05 Å². The van der Waals surface area contributed by atoms with Gasteiger partial charge in [-0.1, -0.05) is 55.8 Å². The fourth-order valence-electron chi connectivity index (χ4n) is 3.68. The summed E-state index contributed by atoms with van der Waals surface area (Å²) in [5, 5.41) is 18.7. The molecule has 0 saturated carbocycles. The lowest BCUT2D eigenvalue weighted by atomic mass is 9.97. The first-order valence-electron chi connectivity index (χ1n) is 9.57. The van der Waals surface area contributed by atoms with Crippen LogP contribution in [0.25, 0.3) is 11.1 Å². The van der Waals surface area contributed by atoms with Gasteiger partial charge in [-0.05, 0) is 29.2 Å². The molecule has 3 rings (SSSR count). The Hall–Kier alpha value is -3.10. The monoisotopic (exact) mass is 375 g/mol. The van der Waals surface area contributed by atoms with Gasteiger partial charge in [0.05, 0.1) is 24.8 Å². The predicted molar refractivity (Wildman–Crippen MR) is 110 cm³/mol. The summed E-state index contributed by atoms with van der Waals surface area (Å²) in [6, 6.07) is 17.8. The van der Waals surface area contributed by atoms with Gasteiger partial charge < -0.3 is 5.11 Å². The molecule has 0 radical (unpaired) electrons. The van der Waals surface area contributed by atoms with E-state index in [1.54, 1.807) is 11.7 Å². The molecule has 0 aliphatic heterocycles. The number of benzene rings is 2. The van der Waals surface area contributed by atoms with Crippen LogP contribution in [-0.4, -0.2) is 21.1 Å². The van der Waals surface area contributed by atoms with Crippen LogP contribution < -0.4 is 5.56 Å². The van der Waals surface area contributed by atoms with Crippen LogP contribution in [-0.2, 0) is 26.4 Å². The van der Waals surface area contributed by atoms with Gasteiger partial charge >= 0.3 is 0 Å². The second-order valence-electron chi connectivity index (χ2n) is 6.88. The first kappa shape index (κ1) is 19.7. The van der Waals surface area contributed by atoms with Gasteiger partial charge in [-0.15, -0.1) is 0 Å². The van der Waals surface area contributed by atoms with E-state index in [-0.39, 0.29) is 12.2 Å². The SMILES string of the molecule is CCCc1c(Cc2ccc(-c3ccccc3C#N)cc2)c(=O)n(C)n1CCO. The molecule has 0 aliphatic carbocycles. The number of aromatic nitrogens is 2. The molecule has 0 spiro atoms. The van der Waals surface area contributed by atoms with E-state index in [0.29, 0.717) is 18.5 Å². The molecule has 28 heavy (non-hydrogen) atoms. The Morgan fingerprint density at radius 3 is 2.46 bits per heavy atom. The van der Waals surface area contributed by atoms with Crippen molar-refractivity contribution < 1.29 is 5.11 Å². The topological polar surface area (TPSA) is 71.0 Å². The number of hydrogen-bond donors (Lipinski definition) is 1. The number of rotatable bonds is 7. The molecule has 0 amide bonds. The zero-order chi connectivity index (χ0) is 20.1. The second kappa shape index (κ2) is 8.73. The molecule has 144 valence electrons. The van der Waals surface area contributed by atoms with E-state index in [1.807, 2.05) is 53.2 Å². The molecule has 0 bridgehead atoms. The highest BCUT2D eigenvalue weighted by Gasteiger charge is 2.17. The van der Waals surface area contributed by atoms with Crippen LogP contribution in [0.3, 0.4) is 0 Å². The first-order chi connectivity index (χ1) is 13.6. The molecule has 2 aromatic carbocycles. The summed E-state index contributed by atoms with van der Waals surface area (Å²) < 4.78 is 3.49. The van der Waals surface area contributed by atoms with Gasteiger partial charge in [-0.3, -0.25) is 14.2 Å². The van der Waals surface area contributed by atoms with E-state index in [1.165, 1.54) is 0 Å². The molecule has 5 heteroatoms. The van der Waals surface area contributed by atoms with Crippen LogP contribution in [0.5, 0.6) is 0 Å². The summed E-state index contributed by atoms with van der Waals surface area (Å²) in [5.74, 6) is 0. The highest BCUT2D eigenvalue weighted by molar-refractivity contribution is 5.70. The van der Waals surface area contributed by atoms with Crippen molar-refractivity contribution in [1.82, 2.24) is 9.36 Å². The lowest BCUT2D eigenvalue weighted by Gasteiger charge is -2.11. The molecule has 5 nitrogen and oxygen atoms in total. The summed E-state index contributed by atoms with van der Waals surface area (Å²) in [6.07, 6.45) is 2.30. The van der Waals surface area contributed by atoms with Crippen molar-refractivity contribution in [2.75, 3.05) is 6.61 Å². The number of aliphatic hydroxyl groups is 1. The molecular weight excluding hydrogens is 350 g/mol. The van der Waals surface area contributed by atoms with Crippen LogP contribution in [0.1, 0.15) is 35.7 Å². The fourth-order valence-corrected chi connectivity index (χ4v) is 3.68. The molecule has 1 N–H and O–H groups in total.